The van der Waals surface area contributed by atoms with E-state index in [-0.39, 0.29) is 6.04 Å². The van der Waals surface area contributed by atoms with Crippen LogP contribution >= 0.6 is 0 Å². The molecule has 5 aromatic carbocycles. The predicted molar refractivity (Wildman–Crippen MR) is 192 cm³/mol. The summed E-state index contributed by atoms with van der Waals surface area (Å²) in [6.45, 7) is 0.680. The van der Waals surface area contributed by atoms with E-state index in [0.29, 0.717) is 6.54 Å². The molecule has 3 N–H and O–H groups in total. The number of nitrogens with one attached hydrogen (secondary N) is 1. The van der Waals surface area contributed by atoms with E-state index in [2.05, 4.69) is 95.2 Å². The van der Waals surface area contributed by atoms with E-state index in [9.17, 15) is 0 Å². The summed E-state index contributed by atoms with van der Waals surface area (Å²) in [6.07, 6.45) is 9.73. The van der Waals surface area contributed by atoms with Crippen LogP contribution in [-0.2, 0) is 5.41 Å². The number of para-hydroxylation sites is 1. The molecule has 1 spiro atoms. The molecule has 3 heterocycles. The molecule has 2 unspecified atom stereocenters. The standard InChI is InChI=1S/C43H32N4O/c44-42(29-10-2-1-3-11-29)34-14-5-7-16-39(34)47-25-28-9-8-12-30(23-28)31-17-18-33-32-13-4-6-15-35(32)43(36(33)24-31)37-26-45-21-19-40(37)48-41-20-22-46-27-38(41)43/h1-26,42,46H,27,44H2. The summed E-state index contributed by atoms with van der Waals surface area (Å²) in [4.78, 5) is 9.54. The lowest BCUT2D eigenvalue weighted by atomic mass is 9.65. The van der Waals surface area contributed by atoms with Crippen molar-refractivity contribution in [2.45, 2.75) is 11.5 Å². The van der Waals surface area contributed by atoms with Crippen LogP contribution in [0.3, 0.4) is 0 Å². The van der Waals surface area contributed by atoms with Crippen LogP contribution in [0.2, 0.25) is 0 Å². The molecule has 0 bridgehead atoms. The second kappa shape index (κ2) is 11.3. The first-order chi connectivity index (χ1) is 23.7. The van der Waals surface area contributed by atoms with E-state index in [1.54, 1.807) is 0 Å². The SMILES string of the molecule is NC(c1ccccc1)c1ccccc1N=Cc1cccc(-c2ccc3c(c2)C2(C4=C(C=CNC4)Oc4ccncc42)c2ccccc2-3)c1. The van der Waals surface area contributed by atoms with E-state index < -0.39 is 5.41 Å². The average molecular weight is 621 g/mol. The monoisotopic (exact) mass is 620 g/mol. The fourth-order valence-electron chi connectivity index (χ4n) is 7.65. The summed E-state index contributed by atoms with van der Waals surface area (Å²) in [5, 5.41) is 3.47. The van der Waals surface area contributed by atoms with Crippen molar-refractivity contribution in [3.63, 3.8) is 0 Å². The number of benzene rings is 5. The fraction of sp³-hybridized carbons (Fsp3) is 0.0698. The second-order valence-corrected chi connectivity index (χ2v) is 12.4. The van der Waals surface area contributed by atoms with Crippen LogP contribution in [-0.4, -0.2) is 17.7 Å². The molecule has 0 radical (unpaired) electrons. The minimum Gasteiger partial charge on any atom is -0.457 e. The lowest BCUT2D eigenvalue weighted by Crippen LogP contribution is -2.39. The van der Waals surface area contributed by atoms with Gasteiger partial charge in [0.1, 0.15) is 11.5 Å². The zero-order valence-electron chi connectivity index (χ0n) is 26.2. The third kappa shape index (κ3) is 4.36. The maximum atomic E-state index is 6.70. The number of aromatic nitrogens is 1. The van der Waals surface area contributed by atoms with Crippen LogP contribution < -0.4 is 15.8 Å². The molecule has 1 aromatic heterocycles. The Morgan fingerprint density at radius 3 is 2.52 bits per heavy atom. The summed E-state index contributed by atoms with van der Waals surface area (Å²) in [5.74, 6) is 1.74. The highest BCUT2D eigenvalue weighted by molar-refractivity contribution is 5.90. The Kier molecular flexibility index (Phi) is 6.66. The number of fused-ring (bicyclic) bond motifs is 8. The number of nitrogens with two attached hydrogens (primary N) is 1. The number of allylic oxidation sites excluding steroid dienone is 1. The Morgan fingerprint density at radius 1 is 0.771 bits per heavy atom. The van der Waals surface area contributed by atoms with Gasteiger partial charge in [0.05, 0.1) is 17.1 Å². The largest absolute Gasteiger partial charge is 0.457 e. The van der Waals surface area contributed by atoms with Gasteiger partial charge in [-0.25, -0.2) is 0 Å². The molecule has 5 nitrogen and oxygen atoms in total. The van der Waals surface area contributed by atoms with Crippen LogP contribution in [0.5, 0.6) is 5.75 Å². The van der Waals surface area contributed by atoms with Gasteiger partial charge in [-0.05, 0) is 80.4 Å². The van der Waals surface area contributed by atoms with Crippen LogP contribution in [0.15, 0.2) is 168 Å². The molecule has 9 rings (SSSR count). The molecular formula is C43H32N4O. The van der Waals surface area contributed by atoms with Gasteiger partial charge < -0.3 is 15.8 Å². The van der Waals surface area contributed by atoms with Crippen LogP contribution in [0.25, 0.3) is 22.3 Å². The van der Waals surface area contributed by atoms with Crippen molar-refractivity contribution in [1.29, 1.82) is 0 Å². The molecule has 2 aliphatic heterocycles. The van der Waals surface area contributed by atoms with Gasteiger partial charge in [-0.3, -0.25) is 9.98 Å². The Labute approximate surface area is 279 Å². The van der Waals surface area contributed by atoms with E-state index in [0.717, 1.165) is 50.6 Å². The van der Waals surface area contributed by atoms with Crippen molar-refractivity contribution in [2.24, 2.45) is 10.7 Å². The first kappa shape index (κ1) is 28.2. The van der Waals surface area contributed by atoms with Gasteiger partial charge in [0.25, 0.3) is 0 Å². The van der Waals surface area contributed by atoms with Crippen molar-refractivity contribution in [1.82, 2.24) is 10.3 Å². The van der Waals surface area contributed by atoms with Gasteiger partial charge in [0, 0.05) is 42.5 Å². The van der Waals surface area contributed by atoms with Gasteiger partial charge in [-0.1, -0.05) is 103 Å². The number of ether oxygens (including phenoxy) is 1. The van der Waals surface area contributed by atoms with Crippen molar-refractivity contribution >= 4 is 11.9 Å². The smallest absolute Gasteiger partial charge is 0.135 e. The molecule has 5 heteroatoms. The number of nitrogens with zero attached hydrogens (tertiary/aromatic N) is 2. The lowest BCUT2D eigenvalue weighted by Gasteiger charge is -2.41. The summed E-state index contributed by atoms with van der Waals surface area (Å²) >= 11 is 0. The van der Waals surface area contributed by atoms with Crippen molar-refractivity contribution < 1.29 is 4.74 Å². The van der Waals surface area contributed by atoms with Crippen molar-refractivity contribution in [2.75, 3.05) is 6.54 Å². The summed E-state index contributed by atoms with van der Waals surface area (Å²) in [7, 11) is 0. The van der Waals surface area contributed by atoms with E-state index in [1.165, 1.54) is 27.8 Å². The Hall–Kier alpha value is -6.04. The summed E-state index contributed by atoms with van der Waals surface area (Å²) < 4.78 is 6.49. The van der Waals surface area contributed by atoms with Crippen molar-refractivity contribution in [3.8, 4) is 28.0 Å². The molecule has 2 atom stereocenters. The molecule has 0 saturated heterocycles. The first-order valence-corrected chi connectivity index (χ1v) is 16.3. The minimum absolute atomic E-state index is 0.259. The van der Waals surface area contributed by atoms with E-state index in [4.69, 9.17) is 15.5 Å². The number of hydrogen-bond donors (Lipinski definition) is 2. The molecular weight excluding hydrogens is 589 g/mol. The van der Waals surface area contributed by atoms with Gasteiger partial charge in [0.2, 0.25) is 0 Å². The highest BCUT2D eigenvalue weighted by Gasteiger charge is 2.52. The Balaban J connectivity index is 1.14. The van der Waals surface area contributed by atoms with E-state index in [1.807, 2.05) is 73.3 Å². The Morgan fingerprint density at radius 2 is 1.58 bits per heavy atom. The van der Waals surface area contributed by atoms with Crippen LogP contribution in [0.4, 0.5) is 5.69 Å². The molecule has 0 fully saturated rings. The zero-order valence-corrected chi connectivity index (χ0v) is 26.2. The van der Waals surface area contributed by atoms with Gasteiger partial charge in [-0.15, -0.1) is 0 Å². The second-order valence-electron chi connectivity index (χ2n) is 12.4. The third-order valence-electron chi connectivity index (χ3n) is 9.83. The molecule has 1 aliphatic carbocycles. The molecule has 0 amide bonds. The van der Waals surface area contributed by atoms with Crippen LogP contribution in [0.1, 0.15) is 39.4 Å². The topological polar surface area (TPSA) is 72.5 Å². The van der Waals surface area contributed by atoms with Gasteiger partial charge in [-0.2, -0.15) is 0 Å². The maximum Gasteiger partial charge on any atom is 0.135 e. The van der Waals surface area contributed by atoms with E-state index >= 15 is 0 Å². The normalized spacial score (nSPS) is 17.7. The molecule has 3 aliphatic rings. The first-order valence-electron chi connectivity index (χ1n) is 16.3. The maximum absolute atomic E-state index is 6.70. The highest BCUT2D eigenvalue weighted by atomic mass is 16.5. The number of hydrogen-bond acceptors (Lipinski definition) is 5. The van der Waals surface area contributed by atoms with Gasteiger partial charge in [0.15, 0.2) is 0 Å². The minimum atomic E-state index is -0.531. The average Bonchev–Trinajstić information content (AvgIpc) is 3.44. The molecule has 230 valence electrons. The molecule has 48 heavy (non-hydrogen) atoms. The van der Waals surface area contributed by atoms with Crippen LogP contribution in [0, 0.1) is 0 Å². The predicted octanol–water partition coefficient (Wildman–Crippen LogP) is 8.63. The quantitative estimate of drug-likeness (QED) is 0.189. The fourth-order valence-corrected chi connectivity index (χ4v) is 7.65. The summed E-state index contributed by atoms with van der Waals surface area (Å²) in [6, 6.07) is 44.2. The Bertz CT molecular complexity index is 2300. The van der Waals surface area contributed by atoms with Gasteiger partial charge >= 0.3 is 0 Å². The number of dihydropyridines is 1. The molecule has 6 aromatic rings. The lowest BCUT2D eigenvalue weighted by molar-refractivity contribution is 0.389. The number of rotatable bonds is 5. The highest BCUT2D eigenvalue weighted by Crippen LogP contribution is 2.60. The number of aliphatic imine (C=N–C) groups is 1. The zero-order chi connectivity index (χ0) is 32.1. The van der Waals surface area contributed by atoms with Crippen molar-refractivity contribution in [3.05, 3.63) is 197 Å². The number of pyridine rings is 1. The third-order valence-corrected chi connectivity index (χ3v) is 9.83. The summed E-state index contributed by atoms with van der Waals surface area (Å²) in [5.41, 5.74) is 19.6. The molecule has 0 saturated carbocycles.